The van der Waals surface area contributed by atoms with Gasteiger partial charge in [-0.25, -0.2) is 9.13 Å². The number of aliphatic hydroxyl groups excluding tert-OH is 2. The molecular formula is C103H178O16P2. The highest BCUT2D eigenvalue weighted by molar-refractivity contribution is 7.47. The molecule has 0 aromatic rings. The lowest BCUT2D eigenvalue weighted by molar-refractivity contribution is -0.161. The summed E-state index contributed by atoms with van der Waals surface area (Å²) in [5.74, 6) is -1.57. The summed E-state index contributed by atoms with van der Waals surface area (Å²) in [6, 6.07) is 0. The minimum absolute atomic E-state index is 0.0893. The quantitative estimate of drug-likeness (QED) is 0.0146. The summed E-state index contributed by atoms with van der Waals surface area (Å²) in [6.07, 6.45) is 122. The number of ether oxygens (including phenoxy) is 3. The van der Waals surface area contributed by atoms with Crippen LogP contribution in [0.15, 0.2) is 158 Å². The Balaban J connectivity index is 4.51. The van der Waals surface area contributed by atoms with E-state index in [1.165, 1.54) is 199 Å². The largest absolute Gasteiger partial charge is 0.472 e. The van der Waals surface area contributed by atoms with Crippen LogP contribution >= 0.6 is 15.6 Å². The third kappa shape index (κ3) is 95.7. The first-order chi connectivity index (χ1) is 59.2. The lowest BCUT2D eigenvalue weighted by atomic mass is 10.0. The standard InChI is InChI=1S/C103H178O16P2/c1-4-7-10-13-16-19-22-25-28-31-34-36-38-40-42-44-46-48-50-52-54-56-58-60-63-65-68-71-74-77-80-83-86-89-101(106)113-92-98(104)93-115-120(109,110)116-94-99(105)95-117-121(111,112)118-97-100(119-103(108)91-88-85-82-79-76-73-70-67-62-33-30-27-24-21-18-15-12-9-6-3)96-114-102(107)90-87-84-81-78-75-72-69-66-64-61-59-57-55-53-51-49-47-45-43-41-39-37-35-32-29-26-23-20-17-14-11-8-5-2/h7-8,10-11,16-21,25-30,34-37,40-43,62,67,98-100,104-105H,4-6,9,12-15,22-24,31-33,38-39,44-61,63-66,68-97H2,1-3H3,(H,109,110)(H,111,112)/b10-7-,11-8-,19-16-,20-17-,21-18-,28-25-,29-26-,30-27-,36-34-,37-35-,42-40-,43-41-,67-62-. The Bertz CT molecular complexity index is 2830. The van der Waals surface area contributed by atoms with Crippen molar-refractivity contribution in [3.63, 3.8) is 0 Å². The van der Waals surface area contributed by atoms with Gasteiger partial charge in [-0.3, -0.25) is 32.5 Å². The second-order valence-corrected chi connectivity index (χ2v) is 35.4. The van der Waals surface area contributed by atoms with Crippen LogP contribution in [-0.4, -0.2) is 95.9 Å². The highest BCUT2D eigenvalue weighted by atomic mass is 31.2. The van der Waals surface area contributed by atoms with E-state index in [1.54, 1.807) is 0 Å². The zero-order valence-corrected chi connectivity index (χ0v) is 78.7. The minimum Gasteiger partial charge on any atom is -0.463 e. The van der Waals surface area contributed by atoms with Gasteiger partial charge < -0.3 is 34.2 Å². The summed E-state index contributed by atoms with van der Waals surface area (Å²) >= 11 is 0. The summed E-state index contributed by atoms with van der Waals surface area (Å²) in [5, 5.41) is 20.8. The minimum atomic E-state index is -4.95. The van der Waals surface area contributed by atoms with E-state index in [9.17, 15) is 43.5 Å². The first-order valence-corrected chi connectivity index (χ1v) is 51.8. The Morgan fingerprint density at radius 2 is 0.438 bits per heavy atom. The van der Waals surface area contributed by atoms with Crippen molar-refractivity contribution >= 4 is 33.6 Å². The zero-order chi connectivity index (χ0) is 87.9. The second-order valence-electron chi connectivity index (χ2n) is 32.5. The van der Waals surface area contributed by atoms with E-state index in [-0.39, 0.29) is 19.3 Å². The average Bonchev–Trinajstić information content (AvgIpc) is 0.895. The van der Waals surface area contributed by atoms with Crippen molar-refractivity contribution < 1.29 is 75.8 Å². The van der Waals surface area contributed by atoms with Gasteiger partial charge in [0, 0.05) is 19.3 Å². The molecule has 0 saturated heterocycles. The number of esters is 3. The molecule has 0 heterocycles. The van der Waals surface area contributed by atoms with Crippen LogP contribution in [0.5, 0.6) is 0 Å². The molecule has 696 valence electrons. The summed E-state index contributed by atoms with van der Waals surface area (Å²) in [4.78, 5) is 59.1. The predicted molar refractivity (Wildman–Crippen MR) is 509 cm³/mol. The van der Waals surface area contributed by atoms with Crippen LogP contribution in [0.2, 0.25) is 0 Å². The number of aliphatic hydroxyl groups is 2. The fourth-order valence-electron chi connectivity index (χ4n) is 13.4. The molecule has 0 aromatic heterocycles. The first kappa shape index (κ1) is 116. The maximum Gasteiger partial charge on any atom is 0.472 e. The van der Waals surface area contributed by atoms with Crippen LogP contribution in [0.25, 0.3) is 0 Å². The Hall–Kier alpha value is -4.83. The van der Waals surface area contributed by atoms with Crippen molar-refractivity contribution in [1.82, 2.24) is 0 Å². The molecule has 0 aromatic carbocycles. The average molecular weight is 1730 g/mol. The molecule has 16 nitrogen and oxygen atoms in total. The molecule has 0 aliphatic heterocycles. The Morgan fingerprint density at radius 1 is 0.240 bits per heavy atom. The maximum absolute atomic E-state index is 13.1. The monoisotopic (exact) mass is 1730 g/mol. The molecule has 0 amide bonds. The van der Waals surface area contributed by atoms with Gasteiger partial charge in [0.25, 0.3) is 0 Å². The smallest absolute Gasteiger partial charge is 0.463 e. The van der Waals surface area contributed by atoms with E-state index in [1.807, 2.05) is 0 Å². The second kappa shape index (κ2) is 94.3. The lowest BCUT2D eigenvalue weighted by Crippen LogP contribution is -2.30. The van der Waals surface area contributed by atoms with Crippen molar-refractivity contribution in [2.75, 3.05) is 39.6 Å². The Morgan fingerprint density at radius 3 is 0.694 bits per heavy atom. The molecule has 18 heteroatoms. The van der Waals surface area contributed by atoms with Crippen molar-refractivity contribution in [2.45, 2.75) is 437 Å². The molecule has 0 radical (unpaired) electrons. The number of carbonyl (C=O) groups excluding carboxylic acids is 3. The topological polar surface area (TPSA) is 231 Å². The first-order valence-electron chi connectivity index (χ1n) is 48.8. The lowest BCUT2D eigenvalue weighted by Gasteiger charge is -2.21. The van der Waals surface area contributed by atoms with Crippen LogP contribution in [0.3, 0.4) is 0 Å². The summed E-state index contributed by atoms with van der Waals surface area (Å²) in [7, 11) is -9.81. The fourth-order valence-corrected chi connectivity index (χ4v) is 15.0. The number of hydrogen-bond acceptors (Lipinski definition) is 14. The predicted octanol–water partition coefficient (Wildman–Crippen LogP) is 30.5. The number of hydrogen-bond donors (Lipinski definition) is 4. The van der Waals surface area contributed by atoms with E-state index >= 15 is 0 Å². The van der Waals surface area contributed by atoms with Gasteiger partial charge >= 0.3 is 33.6 Å². The molecule has 0 spiro atoms. The van der Waals surface area contributed by atoms with Crippen LogP contribution < -0.4 is 0 Å². The molecule has 0 rings (SSSR count). The molecule has 121 heavy (non-hydrogen) atoms. The number of phosphoric ester groups is 2. The van der Waals surface area contributed by atoms with Gasteiger partial charge in [-0.05, 0) is 148 Å². The van der Waals surface area contributed by atoms with Crippen LogP contribution in [-0.2, 0) is 55.8 Å². The van der Waals surface area contributed by atoms with Crippen molar-refractivity contribution in [3.8, 4) is 0 Å². The van der Waals surface area contributed by atoms with Gasteiger partial charge in [-0.2, -0.15) is 0 Å². The normalized spacial score (nSPS) is 14.4. The van der Waals surface area contributed by atoms with Crippen LogP contribution in [0, 0.1) is 0 Å². The number of phosphoric acid groups is 2. The SMILES string of the molecule is CC/C=C\C/C=C\C/C=C\C/C=C\C/C=C\CCCCCCCCCCCCCCCCCCCC(=O)OCC(O)COP(=O)(O)OCC(O)COP(=O)(O)OCC(COC(=O)CCCCCCCCCCCCCCCCCCC/C=C\C/C=C\C/C=C\C/C=C\C/C=C\CC)OC(=O)CCCCCCCC/C=C\C/C=C\C/C=C\CCCCC. The van der Waals surface area contributed by atoms with E-state index in [4.69, 9.17) is 32.3 Å². The number of allylic oxidation sites excluding steroid dienone is 26. The molecule has 0 saturated carbocycles. The third-order valence-corrected chi connectivity index (χ3v) is 22.6. The molecule has 0 fully saturated rings. The van der Waals surface area contributed by atoms with Gasteiger partial charge in [-0.15, -0.1) is 0 Å². The van der Waals surface area contributed by atoms with Crippen molar-refractivity contribution in [1.29, 1.82) is 0 Å². The van der Waals surface area contributed by atoms with Gasteiger partial charge in [0.05, 0.1) is 26.4 Å². The zero-order valence-electron chi connectivity index (χ0n) is 76.9. The fraction of sp³-hybridized carbons (Fsp3) is 0.718. The molecule has 5 atom stereocenters. The van der Waals surface area contributed by atoms with E-state index in [2.05, 4.69) is 179 Å². The van der Waals surface area contributed by atoms with Gasteiger partial charge in [0.15, 0.2) is 6.10 Å². The highest BCUT2D eigenvalue weighted by Gasteiger charge is 2.30. The van der Waals surface area contributed by atoms with E-state index in [0.29, 0.717) is 19.3 Å². The van der Waals surface area contributed by atoms with Gasteiger partial charge in [0.1, 0.15) is 25.4 Å². The molecular weight excluding hydrogens is 1560 g/mol. The maximum atomic E-state index is 13.1. The molecule has 0 aliphatic carbocycles. The molecule has 0 aliphatic rings. The number of carbonyl (C=O) groups is 3. The summed E-state index contributed by atoms with van der Waals surface area (Å²) in [5.41, 5.74) is 0. The molecule has 4 N–H and O–H groups in total. The van der Waals surface area contributed by atoms with E-state index in [0.717, 1.165) is 161 Å². The van der Waals surface area contributed by atoms with Gasteiger partial charge in [0.2, 0.25) is 0 Å². The Labute approximate surface area is 740 Å². The highest BCUT2D eigenvalue weighted by Crippen LogP contribution is 2.45. The van der Waals surface area contributed by atoms with Crippen LogP contribution in [0.4, 0.5) is 0 Å². The summed E-state index contributed by atoms with van der Waals surface area (Å²) in [6.45, 7) is 2.48. The van der Waals surface area contributed by atoms with Crippen LogP contribution in [0.1, 0.15) is 419 Å². The molecule has 5 unspecified atom stereocenters. The van der Waals surface area contributed by atoms with Gasteiger partial charge in [-0.1, -0.05) is 410 Å². The Kier molecular flexibility index (Phi) is 90.5. The van der Waals surface area contributed by atoms with E-state index < -0.39 is 91.5 Å². The summed E-state index contributed by atoms with van der Waals surface area (Å²) < 4.78 is 61.6. The third-order valence-electron chi connectivity index (χ3n) is 20.7. The molecule has 0 bridgehead atoms. The number of unbranched alkanes of at least 4 members (excludes halogenated alkanes) is 43. The van der Waals surface area contributed by atoms with Crippen molar-refractivity contribution in [2.24, 2.45) is 0 Å². The van der Waals surface area contributed by atoms with Crippen molar-refractivity contribution in [3.05, 3.63) is 158 Å². The number of rotatable bonds is 92.